The van der Waals surface area contributed by atoms with Crippen molar-refractivity contribution in [1.29, 1.82) is 0 Å². The molecular weight excluding hydrogens is 268 g/mol. The van der Waals surface area contributed by atoms with Gasteiger partial charge < -0.3 is 4.57 Å². The molecule has 0 aromatic carbocycles. The van der Waals surface area contributed by atoms with E-state index in [1.165, 1.54) is 0 Å². The molecule has 2 aromatic heterocycles. The Labute approximate surface area is 101 Å². The number of aryl methyl sites for hydroxylation is 1. The van der Waals surface area contributed by atoms with Crippen LogP contribution in [-0.2, 0) is 13.6 Å². The molecule has 2 aromatic rings. The normalized spacial score (nSPS) is 13.8. The smallest absolute Gasteiger partial charge is 0.159 e. The van der Waals surface area contributed by atoms with Crippen molar-refractivity contribution in [2.45, 2.75) is 6.54 Å². The Morgan fingerprint density at radius 1 is 1.44 bits per heavy atom. The van der Waals surface area contributed by atoms with Crippen LogP contribution < -0.4 is 0 Å². The van der Waals surface area contributed by atoms with Gasteiger partial charge in [-0.25, -0.2) is 4.98 Å². The number of rotatable bonds is 1. The molecule has 0 saturated heterocycles. The molecule has 0 atom stereocenters. The molecule has 4 nitrogen and oxygen atoms in total. The van der Waals surface area contributed by atoms with Gasteiger partial charge in [0.15, 0.2) is 5.82 Å². The van der Waals surface area contributed by atoms with Crippen LogP contribution >= 0.6 is 15.9 Å². The quantitative estimate of drug-likeness (QED) is 0.799. The lowest BCUT2D eigenvalue weighted by Crippen LogP contribution is -2.08. The Balaban J connectivity index is 2.14. The zero-order valence-corrected chi connectivity index (χ0v) is 10.3. The SMILES string of the molecule is Cn1cc(Br)nc1C1=NCc2ncccc21. The van der Waals surface area contributed by atoms with Gasteiger partial charge in [0, 0.05) is 25.0 Å². The maximum absolute atomic E-state index is 4.50. The highest BCUT2D eigenvalue weighted by atomic mass is 79.9. The van der Waals surface area contributed by atoms with Gasteiger partial charge in [0.05, 0.1) is 12.2 Å². The summed E-state index contributed by atoms with van der Waals surface area (Å²) in [6, 6.07) is 3.97. The van der Waals surface area contributed by atoms with Crippen molar-refractivity contribution in [3.8, 4) is 0 Å². The van der Waals surface area contributed by atoms with Gasteiger partial charge in [-0.2, -0.15) is 0 Å². The number of imidazole rings is 1. The van der Waals surface area contributed by atoms with E-state index in [2.05, 4.69) is 30.9 Å². The Kier molecular flexibility index (Phi) is 2.14. The van der Waals surface area contributed by atoms with Crippen LogP contribution in [0.2, 0.25) is 0 Å². The van der Waals surface area contributed by atoms with E-state index in [1.54, 1.807) is 6.20 Å². The van der Waals surface area contributed by atoms with Crippen molar-refractivity contribution in [3.05, 3.63) is 46.2 Å². The molecule has 0 N–H and O–H groups in total. The van der Waals surface area contributed by atoms with Crippen LogP contribution in [0.4, 0.5) is 0 Å². The number of hydrogen-bond donors (Lipinski definition) is 0. The number of aromatic nitrogens is 3. The number of fused-ring (bicyclic) bond motifs is 1. The first-order chi connectivity index (χ1) is 7.75. The minimum Gasteiger partial charge on any atom is -0.332 e. The summed E-state index contributed by atoms with van der Waals surface area (Å²) in [4.78, 5) is 13.2. The first-order valence-corrected chi connectivity index (χ1v) is 5.73. The third kappa shape index (κ3) is 1.39. The van der Waals surface area contributed by atoms with Crippen molar-refractivity contribution >= 4 is 21.6 Å². The van der Waals surface area contributed by atoms with E-state index in [0.717, 1.165) is 27.4 Å². The molecule has 3 heterocycles. The molecule has 0 aliphatic carbocycles. The van der Waals surface area contributed by atoms with Gasteiger partial charge in [-0.15, -0.1) is 0 Å². The van der Waals surface area contributed by atoms with Gasteiger partial charge in [-0.1, -0.05) is 0 Å². The summed E-state index contributed by atoms with van der Waals surface area (Å²) < 4.78 is 2.79. The van der Waals surface area contributed by atoms with Crippen LogP contribution in [0.1, 0.15) is 17.1 Å². The van der Waals surface area contributed by atoms with E-state index in [4.69, 9.17) is 0 Å². The molecule has 80 valence electrons. The van der Waals surface area contributed by atoms with Crippen LogP contribution in [0, 0.1) is 0 Å². The number of nitrogens with zero attached hydrogens (tertiary/aromatic N) is 4. The molecule has 0 spiro atoms. The Bertz CT molecular complexity index is 585. The van der Waals surface area contributed by atoms with E-state index in [-0.39, 0.29) is 0 Å². The number of aliphatic imine (C=N–C) groups is 1. The summed E-state index contributed by atoms with van der Waals surface area (Å²) in [6.07, 6.45) is 3.72. The summed E-state index contributed by atoms with van der Waals surface area (Å²) in [7, 11) is 1.96. The highest BCUT2D eigenvalue weighted by Crippen LogP contribution is 2.21. The summed E-state index contributed by atoms with van der Waals surface area (Å²) >= 11 is 3.37. The number of hydrogen-bond acceptors (Lipinski definition) is 3. The van der Waals surface area contributed by atoms with E-state index < -0.39 is 0 Å². The van der Waals surface area contributed by atoms with Crippen molar-refractivity contribution in [1.82, 2.24) is 14.5 Å². The number of pyridine rings is 1. The van der Waals surface area contributed by atoms with Gasteiger partial charge in [-0.05, 0) is 28.1 Å². The molecule has 0 amide bonds. The van der Waals surface area contributed by atoms with Gasteiger partial charge in [-0.3, -0.25) is 9.98 Å². The van der Waals surface area contributed by atoms with E-state index in [1.807, 2.05) is 29.9 Å². The van der Waals surface area contributed by atoms with Gasteiger partial charge in [0.2, 0.25) is 0 Å². The lowest BCUT2D eigenvalue weighted by molar-refractivity contribution is 0.896. The summed E-state index contributed by atoms with van der Waals surface area (Å²) in [6.45, 7) is 0.649. The molecule has 1 aliphatic heterocycles. The molecular formula is C11H9BrN4. The molecule has 5 heteroatoms. The molecule has 3 rings (SSSR count). The molecule has 16 heavy (non-hydrogen) atoms. The van der Waals surface area contributed by atoms with E-state index in [0.29, 0.717) is 6.54 Å². The fourth-order valence-electron chi connectivity index (χ4n) is 1.86. The standard InChI is InChI=1S/C11H9BrN4/c1-16-6-9(12)15-11(16)10-7-3-2-4-13-8(7)5-14-10/h2-4,6H,5H2,1H3. The number of halogens is 1. The third-order valence-electron chi connectivity index (χ3n) is 2.59. The molecule has 0 bridgehead atoms. The van der Waals surface area contributed by atoms with Crippen LogP contribution in [0.15, 0.2) is 34.1 Å². The van der Waals surface area contributed by atoms with Crippen LogP contribution in [0.25, 0.3) is 0 Å². The topological polar surface area (TPSA) is 43.1 Å². The fourth-order valence-corrected chi connectivity index (χ4v) is 2.33. The minimum atomic E-state index is 0.649. The third-order valence-corrected chi connectivity index (χ3v) is 2.97. The fraction of sp³-hybridized carbons (Fsp3) is 0.182. The lowest BCUT2D eigenvalue weighted by atomic mass is 10.1. The Hall–Kier alpha value is -1.49. The maximum Gasteiger partial charge on any atom is 0.159 e. The van der Waals surface area contributed by atoms with Gasteiger partial charge in [0.1, 0.15) is 10.3 Å². The minimum absolute atomic E-state index is 0.649. The average Bonchev–Trinajstić information content (AvgIpc) is 2.81. The van der Waals surface area contributed by atoms with Crippen molar-refractivity contribution in [2.75, 3.05) is 0 Å². The van der Waals surface area contributed by atoms with Gasteiger partial charge >= 0.3 is 0 Å². The highest BCUT2D eigenvalue weighted by Gasteiger charge is 2.21. The first kappa shape index (κ1) is 9.72. The summed E-state index contributed by atoms with van der Waals surface area (Å²) in [5.41, 5.74) is 3.04. The Morgan fingerprint density at radius 3 is 3.06 bits per heavy atom. The predicted octanol–water partition coefficient (Wildman–Crippen LogP) is 1.93. The molecule has 0 saturated carbocycles. The second-order valence-corrected chi connectivity index (χ2v) is 4.47. The lowest BCUT2D eigenvalue weighted by Gasteiger charge is -2.02. The largest absolute Gasteiger partial charge is 0.332 e. The van der Waals surface area contributed by atoms with Gasteiger partial charge in [0.25, 0.3) is 0 Å². The predicted molar refractivity (Wildman–Crippen MR) is 64.5 cm³/mol. The summed E-state index contributed by atoms with van der Waals surface area (Å²) in [5.74, 6) is 0.874. The van der Waals surface area contributed by atoms with Crippen molar-refractivity contribution in [2.24, 2.45) is 12.0 Å². The molecule has 0 radical (unpaired) electrons. The monoisotopic (exact) mass is 276 g/mol. The van der Waals surface area contributed by atoms with Crippen LogP contribution in [-0.4, -0.2) is 20.2 Å². The molecule has 1 aliphatic rings. The maximum atomic E-state index is 4.50. The van der Waals surface area contributed by atoms with E-state index >= 15 is 0 Å². The highest BCUT2D eigenvalue weighted by molar-refractivity contribution is 9.10. The second kappa shape index (κ2) is 3.52. The van der Waals surface area contributed by atoms with Crippen LogP contribution in [0.3, 0.4) is 0 Å². The first-order valence-electron chi connectivity index (χ1n) is 4.93. The second-order valence-electron chi connectivity index (χ2n) is 3.66. The average molecular weight is 277 g/mol. The van der Waals surface area contributed by atoms with Crippen molar-refractivity contribution < 1.29 is 0 Å². The van der Waals surface area contributed by atoms with Crippen LogP contribution in [0.5, 0.6) is 0 Å². The molecule has 0 fully saturated rings. The van der Waals surface area contributed by atoms with E-state index in [9.17, 15) is 0 Å². The van der Waals surface area contributed by atoms with Crippen molar-refractivity contribution in [3.63, 3.8) is 0 Å². The zero-order valence-electron chi connectivity index (χ0n) is 8.68. The zero-order chi connectivity index (χ0) is 11.1. The molecule has 0 unspecified atom stereocenters. The Morgan fingerprint density at radius 2 is 2.31 bits per heavy atom. The summed E-state index contributed by atoms with van der Waals surface area (Å²) in [5, 5.41) is 0.